The van der Waals surface area contributed by atoms with E-state index in [0.717, 1.165) is 29.3 Å². The molecule has 5 heteroatoms. The van der Waals surface area contributed by atoms with Gasteiger partial charge in [-0.3, -0.25) is 4.79 Å². The van der Waals surface area contributed by atoms with Gasteiger partial charge in [0.2, 0.25) is 0 Å². The summed E-state index contributed by atoms with van der Waals surface area (Å²) in [4.78, 5) is 15.5. The van der Waals surface area contributed by atoms with E-state index in [-0.39, 0.29) is 11.4 Å². The number of rotatable bonds is 5. The van der Waals surface area contributed by atoms with Gasteiger partial charge in [0.05, 0.1) is 18.6 Å². The summed E-state index contributed by atoms with van der Waals surface area (Å²) in [6, 6.07) is 3.63. The maximum atomic E-state index is 11.3. The maximum Gasteiger partial charge on any atom is 0.306 e. The van der Waals surface area contributed by atoms with E-state index in [2.05, 4.69) is 4.98 Å². The van der Waals surface area contributed by atoms with Gasteiger partial charge < -0.3 is 10.5 Å². The highest BCUT2D eigenvalue weighted by Gasteiger charge is 2.44. The normalized spacial score (nSPS) is 16.5. The molecule has 0 aliphatic heterocycles. The monoisotopic (exact) mass is 252 g/mol. The van der Waals surface area contributed by atoms with E-state index in [1.54, 1.807) is 24.0 Å². The number of carbonyl (C=O) groups excluding carboxylic acids is 1. The van der Waals surface area contributed by atoms with Crippen molar-refractivity contribution in [3.63, 3.8) is 0 Å². The Morgan fingerprint density at radius 3 is 3.00 bits per heavy atom. The molecule has 17 heavy (non-hydrogen) atoms. The summed E-state index contributed by atoms with van der Waals surface area (Å²) < 4.78 is 4.71. The Bertz CT molecular complexity index is 419. The predicted molar refractivity (Wildman–Crippen MR) is 67.7 cm³/mol. The number of nitrogens with two attached hydrogens (primary N) is 1. The highest BCUT2D eigenvalue weighted by atomic mass is 32.2. The summed E-state index contributed by atoms with van der Waals surface area (Å²) >= 11 is 1.66. The molecule has 2 N–H and O–H groups in total. The Morgan fingerprint density at radius 1 is 1.65 bits per heavy atom. The number of anilines is 1. The van der Waals surface area contributed by atoms with Crippen molar-refractivity contribution in [3.05, 3.63) is 18.3 Å². The average molecular weight is 252 g/mol. The molecule has 0 amide bonds. The molecular weight excluding hydrogens is 236 g/mol. The van der Waals surface area contributed by atoms with Gasteiger partial charge in [0.15, 0.2) is 0 Å². The number of pyridine rings is 1. The number of hydrogen-bond donors (Lipinski definition) is 1. The lowest BCUT2D eigenvalue weighted by atomic mass is 10.1. The first-order valence-electron chi connectivity index (χ1n) is 5.55. The number of nitrogen functional groups attached to an aromatic ring is 1. The van der Waals surface area contributed by atoms with E-state index in [4.69, 9.17) is 10.5 Å². The summed E-state index contributed by atoms with van der Waals surface area (Å²) in [5.41, 5.74) is 6.54. The van der Waals surface area contributed by atoms with Crippen LogP contribution in [-0.2, 0) is 9.53 Å². The minimum Gasteiger partial charge on any atom is -0.469 e. The molecule has 1 aliphatic carbocycles. The lowest BCUT2D eigenvalue weighted by Gasteiger charge is -2.12. The van der Waals surface area contributed by atoms with E-state index in [0.29, 0.717) is 6.42 Å². The van der Waals surface area contributed by atoms with Crippen molar-refractivity contribution in [2.75, 3.05) is 18.6 Å². The molecule has 0 spiro atoms. The first-order valence-corrected chi connectivity index (χ1v) is 6.53. The van der Waals surface area contributed by atoms with Crippen molar-refractivity contribution in [3.8, 4) is 0 Å². The Morgan fingerprint density at radius 2 is 2.41 bits per heavy atom. The fourth-order valence-corrected chi connectivity index (χ4v) is 2.86. The first-order chi connectivity index (χ1) is 8.13. The molecular formula is C12H16N2O2S. The smallest absolute Gasteiger partial charge is 0.306 e. The Balaban J connectivity index is 1.88. The first kappa shape index (κ1) is 12.2. The predicted octanol–water partition coefficient (Wildman–Crippen LogP) is 2.10. The van der Waals surface area contributed by atoms with Gasteiger partial charge in [0, 0.05) is 17.6 Å². The fourth-order valence-electron chi connectivity index (χ4n) is 1.66. The van der Waals surface area contributed by atoms with Gasteiger partial charge in [-0.1, -0.05) is 0 Å². The van der Waals surface area contributed by atoms with Crippen molar-refractivity contribution >= 4 is 23.4 Å². The molecule has 1 fully saturated rings. The number of aromatic nitrogens is 1. The second-order valence-corrected chi connectivity index (χ2v) is 5.46. The lowest BCUT2D eigenvalue weighted by molar-refractivity contribution is -0.141. The zero-order valence-electron chi connectivity index (χ0n) is 9.81. The molecule has 0 saturated heterocycles. The zero-order valence-corrected chi connectivity index (χ0v) is 10.6. The standard InChI is InChI=1S/C12H16N2O2S/c1-16-11(15)7-12(3-4-12)8-17-10-6-9(13)2-5-14-10/h2,5-6H,3-4,7-8H2,1H3,(H2,13,14). The van der Waals surface area contributed by atoms with Crippen molar-refractivity contribution < 1.29 is 9.53 Å². The number of ether oxygens (including phenoxy) is 1. The van der Waals surface area contributed by atoms with E-state index < -0.39 is 0 Å². The Hall–Kier alpha value is -1.23. The number of thioether (sulfide) groups is 1. The van der Waals surface area contributed by atoms with Crippen LogP contribution in [0.25, 0.3) is 0 Å². The van der Waals surface area contributed by atoms with Crippen molar-refractivity contribution in [2.24, 2.45) is 5.41 Å². The van der Waals surface area contributed by atoms with Crippen LogP contribution >= 0.6 is 11.8 Å². The number of methoxy groups -OCH3 is 1. The third-order valence-corrected chi connectivity index (χ3v) is 4.26. The highest BCUT2D eigenvalue weighted by molar-refractivity contribution is 7.99. The van der Waals surface area contributed by atoms with E-state index in [9.17, 15) is 4.79 Å². The molecule has 92 valence electrons. The third kappa shape index (κ3) is 3.36. The van der Waals surface area contributed by atoms with Crippen LogP contribution < -0.4 is 5.73 Å². The second kappa shape index (κ2) is 4.96. The maximum absolute atomic E-state index is 11.3. The van der Waals surface area contributed by atoms with Crippen LogP contribution in [0.5, 0.6) is 0 Å². The summed E-state index contributed by atoms with van der Waals surface area (Å²) in [7, 11) is 1.44. The molecule has 1 aromatic heterocycles. The fraction of sp³-hybridized carbons (Fsp3) is 0.500. The third-order valence-electron chi connectivity index (χ3n) is 2.99. The van der Waals surface area contributed by atoms with Gasteiger partial charge >= 0.3 is 5.97 Å². The molecule has 0 radical (unpaired) electrons. The second-order valence-electron chi connectivity index (χ2n) is 4.47. The molecule has 1 aromatic rings. The summed E-state index contributed by atoms with van der Waals surface area (Å²) in [5.74, 6) is 0.780. The Labute approximate surface area is 105 Å². The largest absolute Gasteiger partial charge is 0.469 e. The van der Waals surface area contributed by atoms with Crippen LogP contribution in [0.1, 0.15) is 19.3 Å². The van der Waals surface area contributed by atoms with Crippen LogP contribution in [0.15, 0.2) is 23.4 Å². The van der Waals surface area contributed by atoms with Gasteiger partial charge in [-0.15, -0.1) is 11.8 Å². The quantitative estimate of drug-likeness (QED) is 0.642. The number of hydrogen-bond acceptors (Lipinski definition) is 5. The van der Waals surface area contributed by atoms with Crippen LogP contribution in [0.3, 0.4) is 0 Å². The van der Waals surface area contributed by atoms with Crippen molar-refractivity contribution in [2.45, 2.75) is 24.3 Å². The van der Waals surface area contributed by atoms with E-state index in [1.807, 2.05) is 6.07 Å². The lowest BCUT2D eigenvalue weighted by Crippen LogP contribution is -2.13. The van der Waals surface area contributed by atoms with Crippen LogP contribution in [-0.4, -0.2) is 23.8 Å². The summed E-state index contributed by atoms with van der Waals surface area (Å²) in [6.07, 6.45) is 4.41. The van der Waals surface area contributed by atoms with Crippen molar-refractivity contribution in [1.29, 1.82) is 0 Å². The molecule has 0 aromatic carbocycles. The van der Waals surface area contributed by atoms with Crippen LogP contribution in [0.4, 0.5) is 5.69 Å². The molecule has 1 aliphatic rings. The van der Waals surface area contributed by atoms with E-state index in [1.165, 1.54) is 7.11 Å². The number of carbonyl (C=O) groups is 1. The topological polar surface area (TPSA) is 65.2 Å². The molecule has 0 bridgehead atoms. The molecule has 4 nitrogen and oxygen atoms in total. The van der Waals surface area contributed by atoms with E-state index >= 15 is 0 Å². The van der Waals surface area contributed by atoms with Crippen LogP contribution in [0.2, 0.25) is 0 Å². The molecule has 0 unspecified atom stereocenters. The Kier molecular flexibility index (Phi) is 3.57. The minimum atomic E-state index is -0.122. The number of esters is 1. The number of nitrogens with zero attached hydrogens (tertiary/aromatic N) is 1. The summed E-state index contributed by atoms with van der Waals surface area (Å²) in [5, 5.41) is 0.918. The minimum absolute atomic E-state index is 0.122. The molecule has 1 heterocycles. The average Bonchev–Trinajstić information content (AvgIpc) is 3.07. The van der Waals surface area contributed by atoms with Gasteiger partial charge in [-0.05, 0) is 30.4 Å². The SMILES string of the molecule is COC(=O)CC1(CSc2cc(N)ccn2)CC1. The summed E-state index contributed by atoms with van der Waals surface area (Å²) in [6.45, 7) is 0. The molecule has 0 atom stereocenters. The molecule has 1 saturated carbocycles. The van der Waals surface area contributed by atoms with Gasteiger partial charge in [-0.25, -0.2) is 4.98 Å². The van der Waals surface area contributed by atoms with Gasteiger partial charge in [0.25, 0.3) is 0 Å². The zero-order chi connectivity index (χ0) is 12.3. The van der Waals surface area contributed by atoms with Crippen molar-refractivity contribution in [1.82, 2.24) is 4.98 Å². The molecule has 2 rings (SSSR count). The van der Waals surface area contributed by atoms with Crippen LogP contribution in [0, 0.1) is 5.41 Å². The van der Waals surface area contributed by atoms with Gasteiger partial charge in [-0.2, -0.15) is 0 Å². The highest BCUT2D eigenvalue weighted by Crippen LogP contribution is 2.52. The van der Waals surface area contributed by atoms with Gasteiger partial charge in [0.1, 0.15) is 0 Å².